The Morgan fingerprint density at radius 1 is 1.50 bits per heavy atom. The number of hydrogen-bond donors (Lipinski definition) is 2. The Morgan fingerprint density at radius 2 is 2.21 bits per heavy atom. The summed E-state index contributed by atoms with van der Waals surface area (Å²) in [5.41, 5.74) is 6.48. The van der Waals surface area contributed by atoms with Crippen LogP contribution in [0.2, 0.25) is 0 Å². The fourth-order valence-electron chi connectivity index (χ4n) is 1.36. The van der Waals surface area contributed by atoms with E-state index in [0.29, 0.717) is 11.0 Å². The van der Waals surface area contributed by atoms with E-state index in [0.717, 1.165) is 5.56 Å². The van der Waals surface area contributed by atoms with Crippen LogP contribution in [0.1, 0.15) is 16.1 Å². The van der Waals surface area contributed by atoms with E-state index in [9.17, 15) is 9.90 Å². The quantitative estimate of drug-likeness (QED) is 0.717. The molecule has 0 saturated carbocycles. The number of aryl methyl sites for hydroxylation is 1. The Morgan fingerprint density at radius 3 is 2.86 bits per heavy atom. The van der Waals surface area contributed by atoms with Gasteiger partial charge in [-0.1, -0.05) is 6.07 Å². The molecular formula is C10H9NO3. The molecule has 0 unspecified atom stereocenters. The summed E-state index contributed by atoms with van der Waals surface area (Å²) < 4.78 is 5.12. The molecule has 0 aliphatic rings. The largest absolute Gasteiger partial charge is 0.504 e. The molecule has 1 heterocycles. The van der Waals surface area contributed by atoms with Gasteiger partial charge in [0.1, 0.15) is 5.58 Å². The number of fused-ring (bicyclic) bond motifs is 1. The van der Waals surface area contributed by atoms with E-state index >= 15 is 0 Å². The van der Waals surface area contributed by atoms with Crippen molar-refractivity contribution in [1.29, 1.82) is 0 Å². The average Bonchev–Trinajstić information content (AvgIpc) is 2.43. The van der Waals surface area contributed by atoms with Gasteiger partial charge in [0.25, 0.3) is 5.91 Å². The van der Waals surface area contributed by atoms with Crippen LogP contribution < -0.4 is 5.73 Å². The van der Waals surface area contributed by atoms with Crippen LogP contribution in [-0.4, -0.2) is 11.0 Å². The van der Waals surface area contributed by atoms with E-state index in [1.165, 1.54) is 0 Å². The molecule has 2 aromatic rings. The maximum Gasteiger partial charge on any atom is 0.288 e. The number of furan rings is 1. The molecule has 0 bridgehead atoms. The highest BCUT2D eigenvalue weighted by molar-refractivity contribution is 6.00. The van der Waals surface area contributed by atoms with Gasteiger partial charge in [-0.05, 0) is 24.6 Å². The number of carbonyl (C=O) groups is 1. The van der Waals surface area contributed by atoms with Gasteiger partial charge in [-0.25, -0.2) is 0 Å². The van der Waals surface area contributed by atoms with Crippen LogP contribution in [0.3, 0.4) is 0 Å². The first-order valence-corrected chi connectivity index (χ1v) is 4.11. The molecule has 0 atom stereocenters. The first kappa shape index (κ1) is 8.62. The number of carbonyl (C=O) groups excluding carboxylic acids is 1. The summed E-state index contributed by atoms with van der Waals surface area (Å²) in [6, 6.07) is 5.25. The van der Waals surface area contributed by atoms with E-state index in [-0.39, 0.29) is 11.5 Å². The number of benzene rings is 1. The second-order valence-corrected chi connectivity index (χ2v) is 3.14. The zero-order chi connectivity index (χ0) is 10.3. The van der Waals surface area contributed by atoms with Crippen molar-refractivity contribution >= 4 is 16.9 Å². The van der Waals surface area contributed by atoms with Crippen molar-refractivity contribution in [2.24, 2.45) is 5.73 Å². The summed E-state index contributed by atoms with van der Waals surface area (Å²) in [6.45, 7) is 1.89. The van der Waals surface area contributed by atoms with Crippen molar-refractivity contribution in [3.8, 4) is 5.75 Å². The number of nitrogens with two attached hydrogens (primary N) is 1. The van der Waals surface area contributed by atoms with Crippen molar-refractivity contribution in [3.05, 3.63) is 29.5 Å². The Hall–Kier alpha value is -1.97. The monoisotopic (exact) mass is 191 g/mol. The summed E-state index contributed by atoms with van der Waals surface area (Å²) in [6.07, 6.45) is 0. The predicted molar refractivity (Wildman–Crippen MR) is 51.1 cm³/mol. The first-order valence-electron chi connectivity index (χ1n) is 4.11. The van der Waals surface area contributed by atoms with Crippen LogP contribution >= 0.6 is 0 Å². The molecule has 1 aromatic carbocycles. The zero-order valence-electron chi connectivity index (χ0n) is 7.57. The number of rotatable bonds is 1. The highest BCUT2D eigenvalue weighted by Crippen LogP contribution is 2.31. The lowest BCUT2D eigenvalue weighted by molar-refractivity contribution is 0.0972. The molecule has 4 heteroatoms. The molecule has 3 N–H and O–H groups in total. The Kier molecular flexibility index (Phi) is 1.70. The van der Waals surface area contributed by atoms with Crippen molar-refractivity contribution in [2.75, 3.05) is 0 Å². The van der Waals surface area contributed by atoms with E-state index in [4.69, 9.17) is 10.2 Å². The fraction of sp³-hybridized carbons (Fsp3) is 0.100. The van der Waals surface area contributed by atoms with Crippen molar-refractivity contribution in [2.45, 2.75) is 6.92 Å². The van der Waals surface area contributed by atoms with Crippen molar-refractivity contribution < 1.29 is 14.3 Å². The van der Waals surface area contributed by atoms with Gasteiger partial charge in [0.2, 0.25) is 5.76 Å². The average molecular weight is 191 g/mol. The van der Waals surface area contributed by atoms with Crippen LogP contribution in [-0.2, 0) is 0 Å². The third kappa shape index (κ3) is 1.12. The fourth-order valence-corrected chi connectivity index (χ4v) is 1.36. The van der Waals surface area contributed by atoms with Gasteiger partial charge >= 0.3 is 0 Å². The first-order chi connectivity index (χ1) is 6.59. The van der Waals surface area contributed by atoms with Crippen LogP contribution in [0.25, 0.3) is 11.0 Å². The SMILES string of the molecule is Cc1ccc2c(O)c(C(N)=O)oc2c1. The standard InChI is InChI=1S/C10H9NO3/c1-5-2-3-6-7(4-5)14-9(8(6)12)10(11)13/h2-4,12H,1H3,(H2,11,13). The number of aromatic hydroxyl groups is 1. The number of primary amides is 1. The van der Waals surface area contributed by atoms with Gasteiger partial charge in [-0.15, -0.1) is 0 Å². The molecule has 0 radical (unpaired) electrons. The molecule has 14 heavy (non-hydrogen) atoms. The van der Waals surface area contributed by atoms with Crippen LogP contribution in [0.15, 0.2) is 22.6 Å². The zero-order valence-corrected chi connectivity index (χ0v) is 7.57. The molecule has 0 fully saturated rings. The van der Waals surface area contributed by atoms with Crippen molar-refractivity contribution in [1.82, 2.24) is 0 Å². The molecule has 1 amide bonds. The smallest absolute Gasteiger partial charge is 0.288 e. The topological polar surface area (TPSA) is 76.5 Å². The van der Waals surface area contributed by atoms with Gasteiger partial charge in [0.15, 0.2) is 5.75 Å². The normalized spacial score (nSPS) is 10.6. The minimum atomic E-state index is -0.767. The number of amides is 1. The lowest BCUT2D eigenvalue weighted by atomic mass is 10.2. The minimum Gasteiger partial charge on any atom is -0.504 e. The summed E-state index contributed by atoms with van der Waals surface area (Å²) in [5.74, 6) is -1.14. The Bertz CT molecular complexity index is 513. The lowest BCUT2D eigenvalue weighted by Crippen LogP contribution is -2.09. The van der Waals surface area contributed by atoms with E-state index in [1.54, 1.807) is 12.1 Å². The van der Waals surface area contributed by atoms with Gasteiger partial charge < -0.3 is 15.3 Å². The van der Waals surface area contributed by atoms with Gasteiger partial charge in [0.05, 0.1) is 5.39 Å². The van der Waals surface area contributed by atoms with Gasteiger partial charge in [-0.2, -0.15) is 0 Å². The second kappa shape index (κ2) is 2.77. The highest BCUT2D eigenvalue weighted by atomic mass is 16.4. The molecule has 0 aliphatic carbocycles. The maximum atomic E-state index is 10.8. The van der Waals surface area contributed by atoms with E-state index in [1.807, 2.05) is 13.0 Å². The van der Waals surface area contributed by atoms with Gasteiger partial charge in [-0.3, -0.25) is 4.79 Å². The van der Waals surface area contributed by atoms with Crippen LogP contribution in [0.5, 0.6) is 5.75 Å². The predicted octanol–water partition coefficient (Wildman–Crippen LogP) is 1.55. The molecule has 0 aliphatic heterocycles. The summed E-state index contributed by atoms with van der Waals surface area (Å²) >= 11 is 0. The summed E-state index contributed by atoms with van der Waals surface area (Å²) in [4.78, 5) is 10.8. The second-order valence-electron chi connectivity index (χ2n) is 3.14. The molecular weight excluding hydrogens is 182 g/mol. The highest BCUT2D eigenvalue weighted by Gasteiger charge is 2.17. The Balaban J connectivity index is 2.79. The molecule has 4 nitrogen and oxygen atoms in total. The third-order valence-electron chi connectivity index (χ3n) is 2.04. The van der Waals surface area contributed by atoms with Crippen molar-refractivity contribution in [3.63, 3.8) is 0 Å². The van der Waals surface area contributed by atoms with E-state index < -0.39 is 5.91 Å². The van der Waals surface area contributed by atoms with Crippen LogP contribution in [0, 0.1) is 6.92 Å². The number of hydrogen-bond acceptors (Lipinski definition) is 3. The third-order valence-corrected chi connectivity index (χ3v) is 2.04. The molecule has 1 aromatic heterocycles. The minimum absolute atomic E-state index is 0.187. The molecule has 2 rings (SSSR count). The molecule has 0 spiro atoms. The summed E-state index contributed by atoms with van der Waals surface area (Å²) in [5, 5.41) is 10.1. The lowest BCUT2D eigenvalue weighted by Gasteiger charge is -1.90. The Labute approximate surface area is 79.9 Å². The molecule has 0 saturated heterocycles. The van der Waals surface area contributed by atoms with Crippen LogP contribution in [0.4, 0.5) is 0 Å². The van der Waals surface area contributed by atoms with E-state index in [2.05, 4.69) is 0 Å². The maximum absolute atomic E-state index is 10.8. The van der Waals surface area contributed by atoms with Gasteiger partial charge in [0, 0.05) is 0 Å². The molecule has 72 valence electrons. The summed E-state index contributed by atoms with van der Waals surface area (Å²) in [7, 11) is 0.